The van der Waals surface area contributed by atoms with E-state index >= 15 is 0 Å². The minimum atomic E-state index is 0.241. The SMILES string of the molecule is CCC(C)CC1(CC)CNC(=O)C1. The fourth-order valence-electron chi connectivity index (χ4n) is 2.17. The zero-order chi connectivity index (χ0) is 9.90. The van der Waals surface area contributed by atoms with E-state index in [1.54, 1.807) is 0 Å². The molecule has 0 aromatic heterocycles. The van der Waals surface area contributed by atoms with Crippen LogP contribution in [-0.2, 0) is 4.79 Å². The zero-order valence-electron chi connectivity index (χ0n) is 9.02. The number of nitrogens with one attached hydrogen (secondary N) is 1. The molecule has 0 aliphatic carbocycles. The van der Waals surface area contributed by atoms with E-state index in [9.17, 15) is 4.79 Å². The van der Waals surface area contributed by atoms with Crippen LogP contribution < -0.4 is 5.32 Å². The molecule has 0 aromatic carbocycles. The first-order valence-corrected chi connectivity index (χ1v) is 5.38. The third-order valence-electron chi connectivity index (χ3n) is 3.42. The quantitative estimate of drug-likeness (QED) is 0.712. The Morgan fingerprint density at radius 2 is 2.23 bits per heavy atom. The largest absolute Gasteiger partial charge is 0.356 e. The number of rotatable bonds is 4. The maximum atomic E-state index is 11.2. The highest BCUT2D eigenvalue weighted by atomic mass is 16.1. The maximum absolute atomic E-state index is 11.2. The first-order chi connectivity index (χ1) is 6.12. The molecule has 1 aliphatic rings. The van der Waals surface area contributed by atoms with Crippen molar-refractivity contribution in [3.05, 3.63) is 0 Å². The summed E-state index contributed by atoms with van der Waals surface area (Å²) in [6.45, 7) is 7.59. The summed E-state index contributed by atoms with van der Waals surface area (Å²) in [7, 11) is 0. The van der Waals surface area contributed by atoms with Gasteiger partial charge >= 0.3 is 0 Å². The fourth-order valence-corrected chi connectivity index (χ4v) is 2.17. The highest BCUT2D eigenvalue weighted by Gasteiger charge is 2.37. The lowest BCUT2D eigenvalue weighted by molar-refractivity contribution is -0.119. The van der Waals surface area contributed by atoms with Crippen molar-refractivity contribution in [1.29, 1.82) is 0 Å². The van der Waals surface area contributed by atoms with Gasteiger partial charge in [0, 0.05) is 13.0 Å². The molecule has 1 heterocycles. The molecule has 1 rings (SSSR count). The Morgan fingerprint density at radius 1 is 1.54 bits per heavy atom. The van der Waals surface area contributed by atoms with E-state index < -0.39 is 0 Å². The van der Waals surface area contributed by atoms with Gasteiger partial charge in [-0.15, -0.1) is 0 Å². The molecule has 2 unspecified atom stereocenters. The Morgan fingerprint density at radius 3 is 2.62 bits per heavy atom. The second kappa shape index (κ2) is 4.12. The van der Waals surface area contributed by atoms with E-state index in [2.05, 4.69) is 26.1 Å². The van der Waals surface area contributed by atoms with Gasteiger partial charge in [-0.2, -0.15) is 0 Å². The fraction of sp³-hybridized carbons (Fsp3) is 0.909. The van der Waals surface area contributed by atoms with E-state index in [4.69, 9.17) is 0 Å². The lowest BCUT2D eigenvalue weighted by atomic mass is 9.76. The molecule has 2 atom stereocenters. The van der Waals surface area contributed by atoms with Gasteiger partial charge in [-0.05, 0) is 24.2 Å². The Balaban J connectivity index is 2.55. The Kier molecular flexibility index (Phi) is 3.34. The van der Waals surface area contributed by atoms with Crippen LogP contribution in [0.4, 0.5) is 0 Å². The summed E-state index contributed by atoms with van der Waals surface area (Å²) in [5.41, 5.74) is 0.270. The molecule has 1 aliphatic heterocycles. The number of carbonyl (C=O) groups is 1. The number of hydrogen-bond acceptors (Lipinski definition) is 1. The van der Waals surface area contributed by atoms with Gasteiger partial charge in [0.05, 0.1) is 0 Å². The molecule has 0 saturated carbocycles. The van der Waals surface area contributed by atoms with Crippen molar-refractivity contribution in [2.45, 2.75) is 46.5 Å². The smallest absolute Gasteiger partial charge is 0.220 e. The molecule has 0 bridgehead atoms. The summed E-state index contributed by atoms with van der Waals surface area (Å²) in [6, 6.07) is 0. The van der Waals surface area contributed by atoms with Gasteiger partial charge in [-0.1, -0.05) is 27.2 Å². The van der Waals surface area contributed by atoms with Gasteiger partial charge in [0.1, 0.15) is 0 Å². The zero-order valence-corrected chi connectivity index (χ0v) is 9.02. The average Bonchev–Trinajstić information content (AvgIpc) is 2.48. The van der Waals surface area contributed by atoms with Crippen LogP contribution in [0.5, 0.6) is 0 Å². The normalized spacial score (nSPS) is 30.2. The van der Waals surface area contributed by atoms with Crippen molar-refractivity contribution >= 4 is 5.91 Å². The number of hydrogen-bond donors (Lipinski definition) is 1. The molecule has 2 nitrogen and oxygen atoms in total. The van der Waals surface area contributed by atoms with E-state index in [1.165, 1.54) is 12.8 Å². The van der Waals surface area contributed by atoms with Crippen molar-refractivity contribution in [3.63, 3.8) is 0 Å². The molecule has 1 fully saturated rings. The van der Waals surface area contributed by atoms with Crippen LogP contribution in [0.2, 0.25) is 0 Å². The van der Waals surface area contributed by atoms with Crippen molar-refractivity contribution < 1.29 is 4.79 Å². The molecule has 13 heavy (non-hydrogen) atoms. The highest BCUT2D eigenvalue weighted by molar-refractivity contribution is 5.79. The van der Waals surface area contributed by atoms with Gasteiger partial charge in [0.2, 0.25) is 5.91 Å². The van der Waals surface area contributed by atoms with Gasteiger partial charge in [-0.3, -0.25) is 4.79 Å². The Hall–Kier alpha value is -0.530. The minimum absolute atomic E-state index is 0.241. The Labute approximate surface area is 81.1 Å². The molecular weight excluding hydrogens is 162 g/mol. The predicted molar refractivity (Wildman–Crippen MR) is 54.4 cm³/mol. The van der Waals surface area contributed by atoms with Crippen molar-refractivity contribution in [2.24, 2.45) is 11.3 Å². The van der Waals surface area contributed by atoms with Crippen LogP contribution in [0.1, 0.15) is 46.5 Å². The Bertz CT molecular complexity index is 191. The highest BCUT2D eigenvalue weighted by Crippen LogP contribution is 2.37. The summed E-state index contributed by atoms with van der Waals surface area (Å²) < 4.78 is 0. The summed E-state index contributed by atoms with van der Waals surface area (Å²) in [4.78, 5) is 11.2. The molecule has 1 saturated heterocycles. The van der Waals surface area contributed by atoms with Crippen molar-refractivity contribution in [2.75, 3.05) is 6.54 Å². The van der Waals surface area contributed by atoms with Crippen LogP contribution in [-0.4, -0.2) is 12.5 Å². The first-order valence-electron chi connectivity index (χ1n) is 5.38. The third-order valence-corrected chi connectivity index (χ3v) is 3.42. The van der Waals surface area contributed by atoms with E-state index in [0.717, 1.165) is 25.3 Å². The standard InChI is InChI=1S/C11H21NO/c1-4-9(3)6-11(5-2)7-10(13)12-8-11/h9H,4-8H2,1-3H3,(H,12,13). The second-order valence-corrected chi connectivity index (χ2v) is 4.52. The lowest BCUT2D eigenvalue weighted by Gasteiger charge is -2.28. The van der Waals surface area contributed by atoms with Gasteiger partial charge in [-0.25, -0.2) is 0 Å². The number of amides is 1. The molecular formula is C11H21NO. The molecule has 1 amide bonds. The van der Waals surface area contributed by atoms with Gasteiger partial charge in [0.25, 0.3) is 0 Å². The maximum Gasteiger partial charge on any atom is 0.220 e. The van der Waals surface area contributed by atoms with Crippen LogP contribution in [0, 0.1) is 11.3 Å². The molecule has 0 spiro atoms. The van der Waals surface area contributed by atoms with E-state index in [0.29, 0.717) is 0 Å². The van der Waals surface area contributed by atoms with Crippen LogP contribution in [0.25, 0.3) is 0 Å². The van der Waals surface area contributed by atoms with Crippen molar-refractivity contribution in [1.82, 2.24) is 5.32 Å². The molecule has 1 N–H and O–H groups in total. The first kappa shape index (κ1) is 10.6. The van der Waals surface area contributed by atoms with Crippen LogP contribution >= 0.6 is 0 Å². The van der Waals surface area contributed by atoms with Gasteiger partial charge < -0.3 is 5.32 Å². The molecule has 0 aromatic rings. The average molecular weight is 183 g/mol. The minimum Gasteiger partial charge on any atom is -0.356 e. The molecule has 0 radical (unpaired) electrons. The monoisotopic (exact) mass is 183 g/mol. The van der Waals surface area contributed by atoms with E-state index in [1.807, 2.05) is 0 Å². The lowest BCUT2D eigenvalue weighted by Crippen LogP contribution is -2.25. The van der Waals surface area contributed by atoms with Crippen LogP contribution in [0.3, 0.4) is 0 Å². The van der Waals surface area contributed by atoms with Gasteiger partial charge in [0.15, 0.2) is 0 Å². The van der Waals surface area contributed by atoms with Crippen molar-refractivity contribution in [3.8, 4) is 0 Å². The van der Waals surface area contributed by atoms with Crippen LogP contribution in [0.15, 0.2) is 0 Å². The summed E-state index contributed by atoms with van der Waals surface area (Å²) >= 11 is 0. The summed E-state index contributed by atoms with van der Waals surface area (Å²) in [6.07, 6.45) is 4.28. The number of carbonyl (C=O) groups excluding carboxylic acids is 1. The summed E-state index contributed by atoms with van der Waals surface area (Å²) in [5, 5.41) is 2.95. The third kappa shape index (κ3) is 2.45. The predicted octanol–water partition coefficient (Wildman–Crippen LogP) is 2.34. The second-order valence-electron chi connectivity index (χ2n) is 4.52. The molecule has 76 valence electrons. The topological polar surface area (TPSA) is 29.1 Å². The molecule has 2 heteroatoms. The summed E-state index contributed by atoms with van der Waals surface area (Å²) in [5.74, 6) is 0.984. The van der Waals surface area contributed by atoms with E-state index in [-0.39, 0.29) is 11.3 Å².